The highest BCUT2D eigenvalue weighted by molar-refractivity contribution is 7.19. The molecule has 1 aliphatic heterocycles. The van der Waals surface area contributed by atoms with E-state index in [-0.39, 0.29) is 0 Å². The number of fused-ring (bicyclic) bond motifs is 2. The van der Waals surface area contributed by atoms with E-state index in [9.17, 15) is 0 Å². The highest BCUT2D eigenvalue weighted by Crippen LogP contribution is 2.34. The molecule has 5 heteroatoms. The Hall–Kier alpha value is -2.24. The second kappa shape index (κ2) is 10.4. The first kappa shape index (κ1) is 22.5. The summed E-state index contributed by atoms with van der Waals surface area (Å²) < 4.78 is 0.799. The van der Waals surface area contributed by atoms with E-state index in [1.54, 1.807) is 11.3 Å². The zero-order chi connectivity index (χ0) is 22.6. The first-order valence-electron chi connectivity index (χ1n) is 11.8. The van der Waals surface area contributed by atoms with Gasteiger partial charge in [0.25, 0.3) is 0 Å². The molecule has 1 aliphatic rings. The predicted octanol–water partition coefficient (Wildman–Crippen LogP) is 6.76. The fraction of sp³-hybridized carbons (Fsp3) is 0.321. The van der Waals surface area contributed by atoms with Gasteiger partial charge >= 0.3 is 0 Å². The van der Waals surface area contributed by atoms with Crippen molar-refractivity contribution in [3.63, 3.8) is 0 Å². The van der Waals surface area contributed by atoms with Crippen molar-refractivity contribution in [1.82, 2.24) is 15.2 Å². The molecule has 3 nitrogen and oxygen atoms in total. The largest absolute Gasteiger partial charge is 0.316 e. The van der Waals surface area contributed by atoms with Crippen LogP contribution in [0.3, 0.4) is 0 Å². The maximum Gasteiger partial charge on any atom is 0.0935 e. The average molecular weight is 476 g/mol. The molecule has 1 atom stereocenters. The molecule has 0 radical (unpaired) electrons. The number of nitrogens with one attached hydrogen (secondary N) is 1. The molecule has 0 saturated heterocycles. The van der Waals surface area contributed by atoms with Gasteiger partial charge in [-0.15, -0.1) is 11.3 Å². The number of aromatic nitrogens is 1. The van der Waals surface area contributed by atoms with E-state index in [4.69, 9.17) is 16.6 Å². The zero-order valence-corrected chi connectivity index (χ0v) is 20.6. The molecule has 0 fully saturated rings. The minimum absolute atomic E-state index is 0.397. The minimum Gasteiger partial charge on any atom is -0.316 e. The van der Waals surface area contributed by atoms with Crippen LogP contribution in [-0.4, -0.2) is 36.1 Å². The van der Waals surface area contributed by atoms with Crippen LogP contribution in [0.15, 0.2) is 66.7 Å². The van der Waals surface area contributed by atoms with Crippen LogP contribution in [0.1, 0.15) is 36.0 Å². The first-order valence-corrected chi connectivity index (χ1v) is 13.0. The quantitative estimate of drug-likeness (QED) is 0.285. The van der Waals surface area contributed by atoms with Crippen LogP contribution in [0, 0.1) is 0 Å². The Bertz CT molecular complexity index is 1230. The van der Waals surface area contributed by atoms with E-state index < -0.39 is 0 Å². The molecule has 4 aromatic rings. The summed E-state index contributed by atoms with van der Waals surface area (Å²) in [4.78, 5) is 8.61. The molecule has 2 aromatic carbocycles. The van der Waals surface area contributed by atoms with E-state index in [2.05, 4.69) is 77.8 Å². The standard InChI is InChI=1S/C28H30ClN3S/c1-20(18-30-14-6-15-32-16-13-21-7-2-3-8-22(21)19-32)24-17-26(27-11-12-28(29)33-27)31-25-10-5-4-9-23(24)25/h2-5,7-12,17,20,30H,6,13-16,18-19H2,1H3. The van der Waals surface area contributed by atoms with Crippen LogP contribution < -0.4 is 5.32 Å². The molecule has 2 aromatic heterocycles. The maximum atomic E-state index is 6.19. The molecule has 0 amide bonds. The molecule has 3 heterocycles. The molecule has 0 aliphatic carbocycles. The lowest BCUT2D eigenvalue weighted by atomic mass is 9.96. The van der Waals surface area contributed by atoms with Crippen molar-refractivity contribution in [2.24, 2.45) is 0 Å². The molecule has 1 N–H and O–H groups in total. The van der Waals surface area contributed by atoms with Crippen molar-refractivity contribution >= 4 is 33.8 Å². The lowest BCUT2D eigenvalue weighted by Gasteiger charge is -2.28. The molecular formula is C28H30ClN3S. The fourth-order valence-corrected chi connectivity index (χ4v) is 5.79. The highest BCUT2D eigenvalue weighted by Gasteiger charge is 2.16. The van der Waals surface area contributed by atoms with Crippen molar-refractivity contribution in [3.05, 3.63) is 87.8 Å². The molecule has 33 heavy (non-hydrogen) atoms. The number of para-hydroxylation sites is 1. The Balaban J connectivity index is 1.19. The summed E-state index contributed by atoms with van der Waals surface area (Å²) in [7, 11) is 0. The van der Waals surface area contributed by atoms with Crippen molar-refractivity contribution in [2.45, 2.75) is 32.2 Å². The van der Waals surface area contributed by atoms with Crippen LogP contribution in [0.25, 0.3) is 21.5 Å². The Labute approximate surface area is 205 Å². The number of nitrogens with zero attached hydrogens (tertiary/aromatic N) is 2. The highest BCUT2D eigenvalue weighted by atomic mass is 35.5. The summed E-state index contributed by atoms with van der Waals surface area (Å²) >= 11 is 7.77. The van der Waals surface area contributed by atoms with Crippen LogP contribution in [0.5, 0.6) is 0 Å². The van der Waals surface area contributed by atoms with Crippen molar-refractivity contribution in [2.75, 3.05) is 26.2 Å². The Morgan fingerprint density at radius 3 is 2.73 bits per heavy atom. The van der Waals surface area contributed by atoms with Gasteiger partial charge in [-0.05, 0) is 72.8 Å². The van der Waals surface area contributed by atoms with E-state index in [1.165, 1.54) is 41.5 Å². The number of pyridine rings is 1. The Kier molecular flexibility index (Phi) is 7.07. The number of halogens is 1. The Morgan fingerprint density at radius 1 is 1.06 bits per heavy atom. The second-order valence-electron chi connectivity index (χ2n) is 8.97. The third kappa shape index (κ3) is 5.30. The van der Waals surface area contributed by atoms with Gasteiger partial charge in [0, 0.05) is 25.0 Å². The van der Waals surface area contributed by atoms with Gasteiger partial charge in [0.05, 0.1) is 20.4 Å². The molecule has 170 valence electrons. The van der Waals surface area contributed by atoms with Crippen LogP contribution in [0.2, 0.25) is 4.34 Å². The van der Waals surface area contributed by atoms with E-state index in [1.807, 2.05) is 6.07 Å². The van der Waals surface area contributed by atoms with E-state index >= 15 is 0 Å². The van der Waals surface area contributed by atoms with Crippen LogP contribution in [-0.2, 0) is 13.0 Å². The van der Waals surface area contributed by atoms with Crippen molar-refractivity contribution in [1.29, 1.82) is 0 Å². The number of hydrogen-bond acceptors (Lipinski definition) is 4. The van der Waals surface area contributed by atoms with Gasteiger partial charge in [-0.1, -0.05) is 61.0 Å². The van der Waals surface area contributed by atoms with Crippen molar-refractivity contribution < 1.29 is 0 Å². The van der Waals surface area contributed by atoms with Gasteiger partial charge in [0.15, 0.2) is 0 Å². The topological polar surface area (TPSA) is 28.2 Å². The van der Waals surface area contributed by atoms with Gasteiger partial charge in [-0.3, -0.25) is 4.90 Å². The molecule has 1 unspecified atom stereocenters. The van der Waals surface area contributed by atoms with Gasteiger partial charge in [-0.2, -0.15) is 0 Å². The molecular weight excluding hydrogens is 446 g/mol. The first-order chi connectivity index (χ1) is 16.2. The van der Waals surface area contributed by atoms with Gasteiger partial charge in [0.2, 0.25) is 0 Å². The second-order valence-corrected chi connectivity index (χ2v) is 10.7. The third-order valence-corrected chi connectivity index (χ3v) is 7.85. The van der Waals surface area contributed by atoms with Gasteiger partial charge < -0.3 is 5.32 Å². The SMILES string of the molecule is CC(CNCCCN1CCc2ccccc2C1)c1cc(-c2ccc(Cl)s2)nc2ccccc12. The monoisotopic (exact) mass is 475 g/mol. The zero-order valence-electron chi connectivity index (χ0n) is 19.1. The molecule has 0 spiro atoms. The predicted molar refractivity (Wildman–Crippen MR) is 141 cm³/mol. The summed E-state index contributed by atoms with van der Waals surface area (Å²) in [6, 6.07) is 23.6. The summed E-state index contributed by atoms with van der Waals surface area (Å²) in [6.07, 6.45) is 2.35. The molecule has 0 bridgehead atoms. The molecule has 0 saturated carbocycles. The molecule has 5 rings (SSSR count). The average Bonchev–Trinajstić information content (AvgIpc) is 3.29. The Morgan fingerprint density at radius 2 is 1.88 bits per heavy atom. The number of hydrogen-bond donors (Lipinski definition) is 1. The lowest BCUT2D eigenvalue weighted by Crippen LogP contribution is -2.33. The maximum absolute atomic E-state index is 6.19. The van der Waals surface area contributed by atoms with Crippen LogP contribution >= 0.6 is 22.9 Å². The summed E-state index contributed by atoms with van der Waals surface area (Å²) in [5.74, 6) is 0.397. The normalized spacial score (nSPS) is 15.0. The number of thiophene rings is 1. The minimum atomic E-state index is 0.397. The fourth-order valence-electron chi connectivity index (χ4n) is 4.79. The van der Waals surface area contributed by atoms with E-state index in [0.717, 1.165) is 46.6 Å². The van der Waals surface area contributed by atoms with Gasteiger partial charge in [-0.25, -0.2) is 4.98 Å². The smallest absolute Gasteiger partial charge is 0.0935 e. The summed E-state index contributed by atoms with van der Waals surface area (Å²) in [5.41, 5.74) is 6.43. The summed E-state index contributed by atoms with van der Waals surface area (Å²) in [5, 5.41) is 4.95. The summed E-state index contributed by atoms with van der Waals surface area (Å²) in [6.45, 7) is 7.72. The van der Waals surface area contributed by atoms with Crippen LogP contribution in [0.4, 0.5) is 0 Å². The number of rotatable bonds is 8. The van der Waals surface area contributed by atoms with Gasteiger partial charge in [0.1, 0.15) is 0 Å². The lowest BCUT2D eigenvalue weighted by molar-refractivity contribution is 0.250. The van der Waals surface area contributed by atoms with E-state index in [0.29, 0.717) is 5.92 Å². The number of benzene rings is 2. The third-order valence-electron chi connectivity index (χ3n) is 6.59. The van der Waals surface area contributed by atoms with Crippen molar-refractivity contribution in [3.8, 4) is 10.6 Å².